The van der Waals surface area contributed by atoms with Crippen LogP contribution < -0.4 is 4.74 Å². The molecule has 2 aliphatic heterocycles. The molecule has 0 N–H and O–H groups in total. The first-order valence-corrected chi connectivity index (χ1v) is 6.31. The van der Waals surface area contributed by atoms with Crippen LogP contribution in [0.25, 0.3) is 0 Å². The van der Waals surface area contributed by atoms with Crippen LogP contribution in [0, 0.1) is 10.8 Å². The van der Waals surface area contributed by atoms with E-state index in [1.165, 1.54) is 24.3 Å². The van der Waals surface area contributed by atoms with Crippen LogP contribution in [0.5, 0.6) is 5.75 Å². The second kappa shape index (κ2) is 5.56. The van der Waals surface area contributed by atoms with Crippen molar-refractivity contribution in [2.75, 3.05) is 13.2 Å². The summed E-state index contributed by atoms with van der Waals surface area (Å²) in [6.45, 7) is 0.933. The molecule has 20 heavy (non-hydrogen) atoms. The van der Waals surface area contributed by atoms with Gasteiger partial charge < -0.3 is 18.9 Å². The highest BCUT2D eigenvalue weighted by molar-refractivity contribution is 5.64. The molecule has 7 heteroatoms. The number of hydrogen-bond donors (Lipinski definition) is 0. The molecule has 3 atom stereocenters. The van der Waals surface area contributed by atoms with Gasteiger partial charge in [-0.15, -0.1) is 4.91 Å². The van der Waals surface area contributed by atoms with Crippen molar-refractivity contribution in [3.05, 3.63) is 29.2 Å². The van der Waals surface area contributed by atoms with Crippen LogP contribution in [0.15, 0.2) is 29.4 Å². The van der Waals surface area contributed by atoms with Crippen molar-refractivity contribution < 1.29 is 23.7 Å². The van der Waals surface area contributed by atoms with E-state index in [2.05, 4.69) is 5.18 Å². The molecule has 0 spiro atoms. The fourth-order valence-corrected chi connectivity index (χ4v) is 2.37. The number of hydrogen-bond acceptors (Lipinski definition) is 7. The molecule has 2 heterocycles. The topological polar surface area (TPSA) is 83.4 Å². The Morgan fingerprint density at radius 2 is 2.05 bits per heavy atom. The van der Waals surface area contributed by atoms with Crippen LogP contribution in [0.1, 0.15) is 6.42 Å². The summed E-state index contributed by atoms with van der Waals surface area (Å²) in [5.74, 6) is 0.365. The average Bonchev–Trinajstić information content (AvgIpc) is 3.05. The molecule has 0 aliphatic carbocycles. The molecular formula is C13H13NO6. The molecular weight excluding hydrogens is 266 g/mol. The molecule has 2 saturated heterocycles. The molecule has 3 rings (SSSR count). The van der Waals surface area contributed by atoms with E-state index in [1.807, 2.05) is 0 Å². The van der Waals surface area contributed by atoms with E-state index in [0.29, 0.717) is 19.0 Å². The molecule has 7 nitrogen and oxygen atoms in total. The van der Waals surface area contributed by atoms with Gasteiger partial charge in [0.25, 0.3) is 0 Å². The van der Waals surface area contributed by atoms with Gasteiger partial charge in [-0.1, -0.05) is 0 Å². The van der Waals surface area contributed by atoms with Crippen molar-refractivity contribution >= 4 is 11.8 Å². The fraction of sp³-hybridized carbons (Fsp3) is 0.462. The number of carbonyl (C=O) groups excluding carboxylic acids is 1. The molecule has 106 valence electrons. The monoisotopic (exact) mass is 279 g/mol. The number of rotatable bonds is 3. The van der Waals surface area contributed by atoms with Gasteiger partial charge in [-0.3, -0.25) is 0 Å². The quantitative estimate of drug-likeness (QED) is 0.480. The summed E-state index contributed by atoms with van der Waals surface area (Å²) in [7, 11) is 0. The third-order valence-electron chi connectivity index (χ3n) is 3.38. The summed E-state index contributed by atoms with van der Waals surface area (Å²) in [6, 6.07) is 5.86. The van der Waals surface area contributed by atoms with Gasteiger partial charge in [0.2, 0.25) is 0 Å². The van der Waals surface area contributed by atoms with Gasteiger partial charge in [-0.2, -0.15) is 0 Å². The van der Waals surface area contributed by atoms with Gasteiger partial charge in [-0.25, -0.2) is 4.79 Å². The van der Waals surface area contributed by atoms with E-state index in [1.54, 1.807) is 0 Å². The molecule has 0 bridgehead atoms. The molecule has 2 aliphatic rings. The third-order valence-corrected chi connectivity index (χ3v) is 3.38. The van der Waals surface area contributed by atoms with Crippen LogP contribution in [-0.4, -0.2) is 31.8 Å². The average molecular weight is 279 g/mol. The number of carbonyl (C=O) groups is 1. The summed E-state index contributed by atoms with van der Waals surface area (Å²) in [5.41, 5.74) is 0.265. The normalized spacial score (nSPS) is 27.9. The van der Waals surface area contributed by atoms with Crippen molar-refractivity contribution in [1.82, 2.24) is 0 Å². The van der Waals surface area contributed by atoms with E-state index in [9.17, 15) is 9.70 Å². The number of nitrogens with zero attached hydrogens (tertiary/aromatic N) is 1. The molecule has 0 radical (unpaired) electrons. The predicted molar refractivity (Wildman–Crippen MR) is 66.6 cm³/mol. The van der Waals surface area contributed by atoms with Crippen LogP contribution >= 0.6 is 0 Å². The van der Waals surface area contributed by atoms with Crippen LogP contribution in [-0.2, 0) is 14.2 Å². The Morgan fingerprint density at radius 3 is 2.80 bits per heavy atom. The van der Waals surface area contributed by atoms with Crippen LogP contribution in [0.2, 0.25) is 0 Å². The standard InChI is InChI=1S/C13H13NO6/c15-13(19-9-3-1-8(14-16)2-4-9)20-11-7-18-12-10(11)5-6-17-12/h1-4,10-12H,5-7H2/t10?,11-,12?/m0/s1. The van der Waals surface area contributed by atoms with E-state index >= 15 is 0 Å². The molecule has 2 unspecified atom stereocenters. The minimum atomic E-state index is -0.794. The Morgan fingerprint density at radius 1 is 1.25 bits per heavy atom. The van der Waals surface area contributed by atoms with E-state index in [4.69, 9.17) is 18.9 Å². The maximum absolute atomic E-state index is 11.7. The first-order valence-electron chi connectivity index (χ1n) is 6.31. The molecule has 0 saturated carbocycles. The summed E-state index contributed by atoms with van der Waals surface area (Å²) in [5, 5.41) is 2.76. The van der Waals surface area contributed by atoms with Crippen LogP contribution in [0.3, 0.4) is 0 Å². The highest BCUT2D eigenvalue weighted by atomic mass is 16.8. The SMILES string of the molecule is O=Nc1ccc(OC(=O)O[C@H]2COC3OCCC32)cc1. The minimum Gasteiger partial charge on any atom is -0.428 e. The largest absolute Gasteiger partial charge is 0.514 e. The lowest BCUT2D eigenvalue weighted by atomic mass is 10.0. The van der Waals surface area contributed by atoms with Gasteiger partial charge in [0, 0.05) is 0 Å². The summed E-state index contributed by atoms with van der Waals surface area (Å²) in [4.78, 5) is 22.0. The molecule has 0 aromatic heterocycles. The van der Waals surface area contributed by atoms with Gasteiger partial charge in [0.1, 0.15) is 17.5 Å². The molecule has 1 aromatic rings. The minimum absolute atomic E-state index is 0.0733. The van der Waals surface area contributed by atoms with Crippen molar-refractivity contribution in [2.45, 2.75) is 18.8 Å². The smallest absolute Gasteiger partial charge is 0.428 e. The van der Waals surface area contributed by atoms with Crippen molar-refractivity contribution in [2.24, 2.45) is 11.1 Å². The second-order valence-corrected chi connectivity index (χ2v) is 4.62. The Balaban J connectivity index is 1.55. The van der Waals surface area contributed by atoms with Crippen molar-refractivity contribution in [1.29, 1.82) is 0 Å². The van der Waals surface area contributed by atoms with E-state index in [-0.39, 0.29) is 24.0 Å². The molecule has 0 amide bonds. The Kier molecular flexibility index (Phi) is 3.62. The van der Waals surface area contributed by atoms with Gasteiger partial charge in [0.05, 0.1) is 19.1 Å². The van der Waals surface area contributed by atoms with Gasteiger partial charge in [0.15, 0.2) is 6.29 Å². The Hall–Kier alpha value is -1.99. The van der Waals surface area contributed by atoms with E-state index in [0.717, 1.165) is 6.42 Å². The third kappa shape index (κ3) is 2.63. The fourth-order valence-electron chi connectivity index (χ4n) is 2.37. The zero-order chi connectivity index (χ0) is 13.9. The second-order valence-electron chi connectivity index (χ2n) is 4.62. The first kappa shape index (κ1) is 13.0. The zero-order valence-electron chi connectivity index (χ0n) is 10.6. The number of fused-ring (bicyclic) bond motifs is 1. The Labute approximate surface area is 114 Å². The number of nitroso groups, excluding NO2 is 1. The van der Waals surface area contributed by atoms with E-state index < -0.39 is 6.16 Å². The first-order chi connectivity index (χ1) is 9.76. The lowest BCUT2D eigenvalue weighted by molar-refractivity contribution is -0.0907. The molecule has 1 aromatic carbocycles. The highest BCUT2D eigenvalue weighted by Crippen LogP contribution is 2.33. The van der Waals surface area contributed by atoms with Crippen molar-refractivity contribution in [3.8, 4) is 5.75 Å². The van der Waals surface area contributed by atoms with Crippen molar-refractivity contribution in [3.63, 3.8) is 0 Å². The van der Waals surface area contributed by atoms with Crippen LogP contribution in [0.4, 0.5) is 10.5 Å². The maximum atomic E-state index is 11.7. The predicted octanol–water partition coefficient (Wildman–Crippen LogP) is 2.36. The maximum Gasteiger partial charge on any atom is 0.514 e. The number of ether oxygens (including phenoxy) is 4. The van der Waals surface area contributed by atoms with Gasteiger partial charge >= 0.3 is 6.16 Å². The molecule has 2 fully saturated rings. The zero-order valence-corrected chi connectivity index (χ0v) is 10.6. The lowest BCUT2D eigenvalue weighted by Crippen LogP contribution is -2.27. The summed E-state index contributed by atoms with van der Waals surface area (Å²) >= 11 is 0. The Bertz CT molecular complexity index is 502. The summed E-state index contributed by atoms with van der Waals surface area (Å²) in [6.07, 6.45) is -0.600. The lowest BCUT2D eigenvalue weighted by Gasteiger charge is -2.15. The summed E-state index contributed by atoms with van der Waals surface area (Å²) < 4.78 is 21.0. The number of benzene rings is 1. The highest BCUT2D eigenvalue weighted by Gasteiger charge is 2.44. The van der Waals surface area contributed by atoms with Gasteiger partial charge in [-0.05, 0) is 35.9 Å².